The maximum absolute atomic E-state index is 12.4. The molecule has 136 valence electrons. The Morgan fingerprint density at radius 2 is 1.89 bits per heavy atom. The summed E-state index contributed by atoms with van der Waals surface area (Å²) in [6, 6.07) is 12.9. The van der Waals surface area contributed by atoms with Crippen LogP contribution in [0.15, 0.2) is 50.9 Å². The minimum atomic E-state index is -0.471. The number of terminal acetylenes is 1. The van der Waals surface area contributed by atoms with Gasteiger partial charge in [0.2, 0.25) is 0 Å². The van der Waals surface area contributed by atoms with Crippen molar-refractivity contribution in [3.8, 4) is 24.2 Å². The van der Waals surface area contributed by atoms with Gasteiger partial charge in [-0.2, -0.15) is 5.26 Å². The van der Waals surface area contributed by atoms with Gasteiger partial charge in [0.05, 0.1) is 8.95 Å². The molecule has 27 heavy (non-hydrogen) atoms. The van der Waals surface area contributed by atoms with E-state index in [4.69, 9.17) is 11.2 Å². The quantitative estimate of drug-likeness (QED) is 0.340. The average Bonchev–Trinajstić information content (AvgIpc) is 2.66. The Morgan fingerprint density at radius 3 is 2.41 bits per heavy atom. The predicted octanol–water partition coefficient (Wildman–Crippen LogP) is 5.33. The average molecular weight is 488 g/mol. The zero-order valence-corrected chi connectivity index (χ0v) is 17.7. The van der Waals surface area contributed by atoms with E-state index in [9.17, 15) is 10.1 Å². The van der Waals surface area contributed by atoms with Crippen LogP contribution >= 0.6 is 31.9 Å². The molecule has 1 amide bonds. The summed E-state index contributed by atoms with van der Waals surface area (Å²) in [5, 5.41) is 12.1. The summed E-state index contributed by atoms with van der Waals surface area (Å²) >= 11 is 6.82. The summed E-state index contributed by atoms with van der Waals surface area (Å²) in [4.78, 5) is 12.4. The first kappa shape index (κ1) is 20.8. The van der Waals surface area contributed by atoms with Gasteiger partial charge in [0.15, 0.2) is 0 Å². The molecule has 0 saturated heterocycles. The number of nitriles is 1. The Morgan fingerprint density at radius 1 is 1.26 bits per heavy atom. The molecule has 2 aromatic carbocycles. The third-order valence-corrected chi connectivity index (χ3v) is 4.79. The Kier molecular flexibility index (Phi) is 7.67. The molecular weight excluding hydrogens is 472 g/mol. The van der Waals surface area contributed by atoms with Crippen molar-refractivity contribution in [2.75, 3.05) is 11.9 Å². The minimum absolute atomic E-state index is 0.00865. The number of rotatable bonds is 6. The van der Waals surface area contributed by atoms with Crippen LogP contribution in [0.3, 0.4) is 0 Å². The second-order valence-electron chi connectivity index (χ2n) is 5.48. The Hall–Kier alpha value is -2.54. The van der Waals surface area contributed by atoms with Crippen LogP contribution in [-0.4, -0.2) is 12.5 Å². The van der Waals surface area contributed by atoms with Crippen LogP contribution in [0.1, 0.15) is 18.1 Å². The SMILES string of the molecule is C#CCOc1c(Br)cc(/C=C(\C#N)C(=O)Nc2ccc(CC)cc2)cc1Br. The number of carbonyl (C=O) groups is 1. The van der Waals surface area contributed by atoms with Gasteiger partial charge in [0, 0.05) is 5.69 Å². The highest BCUT2D eigenvalue weighted by atomic mass is 79.9. The van der Waals surface area contributed by atoms with E-state index in [-0.39, 0.29) is 12.2 Å². The van der Waals surface area contributed by atoms with Crippen LogP contribution in [0, 0.1) is 23.7 Å². The zero-order valence-electron chi connectivity index (χ0n) is 14.6. The normalized spacial score (nSPS) is 10.6. The van der Waals surface area contributed by atoms with Crippen molar-refractivity contribution in [2.45, 2.75) is 13.3 Å². The van der Waals surface area contributed by atoms with Crippen LogP contribution in [0.4, 0.5) is 5.69 Å². The molecule has 0 aliphatic heterocycles. The highest BCUT2D eigenvalue weighted by molar-refractivity contribution is 9.11. The summed E-state index contributed by atoms with van der Waals surface area (Å²) in [5.74, 6) is 2.49. The van der Waals surface area contributed by atoms with Crippen molar-refractivity contribution in [1.82, 2.24) is 0 Å². The first-order valence-corrected chi connectivity index (χ1v) is 9.64. The monoisotopic (exact) mass is 486 g/mol. The standard InChI is InChI=1S/C21H16Br2N2O2/c1-3-9-27-20-18(22)11-15(12-19(20)23)10-16(13-24)21(26)25-17-7-5-14(4-2)6-8-17/h1,5-8,10-12H,4,9H2,2H3,(H,25,26)/b16-10+. The molecule has 0 bridgehead atoms. The molecule has 2 rings (SSSR count). The van der Waals surface area contributed by atoms with E-state index in [0.717, 1.165) is 6.42 Å². The fourth-order valence-electron chi connectivity index (χ4n) is 2.25. The summed E-state index contributed by atoms with van der Waals surface area (Å²) in [5.41, 5.74) is 2.46. The van der Waals surface area contributed by atoms with E-state index in [1.165, 1.54) is 11.6 Å². The number of benzene rings is 2. The molecule has 0 fully saturated rings. The number of aryl methyl sites for hydroxylation is 1. The summed E-state index contributed by atoms with van der Waals surface area (Å²) < 4.78 is 6.77. The summed E-state index contributed by atoms with van der Waals surface area (Å²) in [7, 11) is 0. The Balaban J connectivity index is 2.23. The van der Waals surface area contributed by atoms with Gasteiger partial charge in [-0.1, -0.05) is 25.0 Å². The molecule has 0 spiro atoms. The van der Waals surface area contributed by atoms with Crippen LogP contribution in [0.25, 0.3) is 6.08 Å². The van der Waals surface area contributed by atoms with Gasteiger partial charge in [-0.25, -0.2) is 0 Å². The molecule has 1 N–H and O–H groups in total. The second kappa shape index (κ2) is 9.97. The molecule has 0 aliphatic carbocycles. The highest BCUT2D eigenvalue weighted by Gasteiger charge is 2.12. The number of halogens is 2. The highest BCUT2D eigenvalue weighted by Crippen LogP contribution is 2.35. The third kappa shape index (κ3) is 5.72. The summed E-state index contributed by atoms with van der Waals surface area (Å²) in [6.45, 7) is 2.19. The summed E-state index contributed by atoms with van der Waals surface area (Å²) in [6.07, 6.45) is 7.64. The van der Waals surface area contributed by atoms with Crippen molar-refractivity contribution < 1.29 is 9.53 Å². The van der Waals surface area contributed by atoms with Gasteiger partial charge in [0.1, 0.15) is 24.0 Å². The number of anilines is 1. The largest absolute Gasteiger partial charge is 0.479 e. The molecular formula is C21H16Br2N2O2. The number of ether oxygens (including phenoxy) is 1. The molecule has 6 heteroatoms. The van der Waals surface area contributed by atoms with E-state index >= 15 is 0 Å². The van der Waals surface area contributed by atoms with Gasteiger partial charge in [-0.3, -0.25) is 4.79 Å². The van der Waals surface area contributed by atoms with E-state index in [1.54, 1.807) is 12.1 Å². The molecule has 0 radical (unpaired) electrons. The maximum Gasteiger partial charge on any atom is 0.266 e. The van der Waals surface area contributed by atoms with Crippen LogP contribution in [-0.2, 0) is 11.2 Å². The number of amides is 1. The van der Waals surface area contributed by atoms with Crippen LogP contribution in [0.2, 0.25) is 0 Å². The number of carbonyl (C=O) groups excluding carboxylic acids is 1. The topological polar surface area (TPSA) is 62.1 Å². The fraction of sp³-hybridized carbons (Fsp3) is 0.143. The van der Waals surface area contributed by atoms with Crippen molar-refractivity contribution in [3.05, 3.63) is 62.0 Å². The molecule has 0 aliphatic rings. The molecule has 2 aromatic rings. The molecule has 0 unspecified atom stereocenters. The lowest BCUT2D eigenvalue weighted by Crippen LogP contribution is -2.13. The van der Waals surface area contributed by atoms with Gasteiger partial charge in [0.25, 0.3) is 5.91 Å². The second-order valence-corrected chi connectivity index (χ2v) is 7.19. The molecule has 0 aromatic heterocycles. The zero-order chi connectivity index (χ0) is 19.8. The van der Waals surface area contributed by atoms with Crippen molar-refractivity contribution in [1.29, 1.82) is 5.26 Å². The molecule has 0 saturated carbocycles. The molecule has 0 heterocycles. The van der Waals surface area contributed by atoms with E-state index < -0.39 is 5.91 Å². The van der Waals surface area contributed by atoms with Crippen molar-refractivity contribution >= 4 is 49.5 Å². The van der Waals surface area contributed by atoms with Gasteiger partial charge >= 0.3 is 0 Å². The first-order valence-electron chi connectivity index (χ1n) is 8.05. The van der Waals surface area contributed by atoms with Gasteiger partial charge in [-0.15, -0.1) is 6.42 Å². The van der Waals surface area contributed by atoms with Crippen LogP contribution < -0.4 is 10.1 Å². The molecule has 4 nitrogen and oxygen atoms in total. The van der Waals surface area contributed by atoms with Gasteiger partial charge in [-0.05, 0) is 79.7 Å². The number of nitrogens with zero attached hydrogens (tertiary/aromatic N) is 1. The third-order valence-electron chi connectivity index (χ3n) is 3.62. The minimum Gasteiger partial charge on any atom is -0.479 e. The smallest absolute Gasteiger partial charge is 0.266 e. The lowest BCUT2D eigenvalue weighted by atomic mass is 10.1. The van der Waals surface area contributed by atoms with Gasteiger partial charge < -0.3 is 10.1 Å². The van der Waals surface area contributed by atoms with E-state index in [1.807, 2.05) is 30.3 Å². The Bertz CT molecular complexity index is 929. The fourth-order valence-corrected chi connectivity index (χ4v) is 3.70. The number of nitrogens with one attached hydrogen (secondary N) is 1. The lowest BCUT2D eigenvalue weighted by molar-refractivity contribution is -0.112. The van der Waals surface area contributed by atoms with Crippen molar-refractivity contribution in [2.24, 2.45) is 0 Å². The Labute approximate surface area is 175 Å². The van der Waals surface area contributed by atoms with Crippen molar-refractivity contribution in [3.63, 3.8) is 0 Å². The molecule has 0 atom stereocenters. The van der Waals surface area contributed by atoms with Crippen LogP contribution in [0.5, 0.6) is 5.75 Å². The number of hydrogen-bond acceptors (Lipinski definition) is 3. The first-order chi connectivity index (χ1) is 13.0. The van der Waals surface area contributed by atoms with E-state index in [2.05, 4.69) is 50.0 Å². The lowest BCUT2D eigenvalue weighted by Gasteiger charge is -2.09. The predicted molar refractivity (Wildman–Crippen MR) is 114 cm³/mol. The maximum atomic E-state index is 12.4. The van der Waals surface area contributed by atoms with E-state index in [0.29, 0.717) is 25.9 Å². The number of hydrogen-bond donors (Lipinski definition) is 1.